The van der Waals surface area contributed by atoms with Crippen LogP contribution < -0.4 is 10.5 Å². The molecule has 0 bridgehead atoms. The highest BCUT2D eigenvalue weighted by Crippen LogP contribution is 2.14. The van der Waals surface area contributed by atoms with E-state index in [1.165, 1.54) is 0 Å². The predicted octanol–water partition coefficient (Wildman–Crippen LogP) is 0.0120. The van der Waals surface area contributed by atoms with Gasteiger partial charge in [-0.1, -0.05) is 0 Å². The topological polar surface area (TPSA) is 93.8 Å². The molecule has 2 N–H and O–H groups in total. The van der Waals surface area contributed by atoms with Gasteiger partial charge in [0, 0.05) is 6.07 Å². The largest absolute Gasteiger partial charge is 0.617 e. The zero-order valence-corrected chi connectivity index (χ0v) is 8.08. The lowest BCUT2D eigenvalue weighted by molar-refractivity contribution is -0.612. The molecule has 0 aliphatic rings. The van der Waals surface area contributed by atoms with E-state index in [0.717, 1.165) is 6.07 Å². The fourth-order valence-corrected chi connectivity index (χ4v) is 1.18. The molecule has 1 rings (SSSR count). The van der Waals surface area contributed by atoms with E-state index < -0.39 is 23.3 Å². The van der Waals surface area contributed by atoms with Crippen molar-refractivity contribution in [3.63, 3.8) is 0 Å². The minimum atomic E-state index is -1.02. The third kappa shape index (κ3) is 2.14. The quantitative estimate of drug-likeness (QED) is 0.440. The number of primary amides is 1. The lowest BCUT2D eigenvalue weighted by Crippen LogP contribution is -2.37. The summed E-state index contributed by atoms with van der Waals surface area (Å²) in [7, 11) is 0. The van der Waals surface area contributed by atoms with Crippen LogP contribution in [0, 0.1) is 22.4 Å². The number of carbonyl (C=O) groups excluding carboxylic acids is 1. The van der Waals surface area contributed by atoms with Crippen molar-refractivity contribution >= 4 is 17.5 Å². The van der Waals surface area contributed by atoms with Gasteiger partial charge in [-0.2, -0.15) is 14.4 Å². The fraction of sp³-hybridized carbons (Fsp3) is 0.125. The summed E-state index contributed by atoms with van der Waals surface area (Å²) in [6, 6.07) is 2.37. The number of nitriles is 1. The number of halogens is 2. The maximum absolute atomic E-state index is 12.9. The molecule has 0 aliphatic heterocycles. The standard InChI is InChI=1S/C8H5ClFN3O2/c9-8-5(10)1-4(3-11)6(13(8)15)2-7(12)14/h1H,2H2,(H2,12,14). The summed E-state index contributed by atoms with van der Waals surface area (Å²) < 4.78 is 12.9. The van der Waals surface area contributed by atoms with Gasteiger partial charge >= 0.3 is 5.15 Å². The van der Waals surface area contributed by atoms with Crippen molar-refractivity contribution in [1.29, 1.82) is 5.26 Å². The minimum absolute atomic E-state index is 0.0137. The first-order valence-corrected chi connectivity index (χ1v) is 4.14. The van der Waals surface area contributed by atoms with Crippen molar-refractivity contribution < 1.29 is 13.9 Å². The second kappa shape index (κ2) is 4.11. The normalized spacial score (nSPS) is 9.67. The number of pyridine rings is 1. The van der Waals surface area contributed by atoms with E-state index in [9.17, 15) is 14.4 Å². The van der Waals surface area contributed by atoms with Crippen LogP contribution in [0.15, 0.2) is 6.07 Å². The molecule has 78 valence electrons. The van der Waals surface area contributed by atoms with E-state index in [1.54, 1.807) is 6.07 Å². The maximum Gasteiger partial charge on any atom is 0.322 e. The number of aromatic nitrogens is 1. The van der Waals surface area contributed by atoms with Crippen LogP contribution in [-0.2, 0) is 11.2 Å². The number of rotatable bonds is 2. The average molecular weight is 230 g/mol. The van der Waals surface area contributed by atoms with E-state index in [4.69, 9.17) is 22.6 Å². The van der Waals surface area contributed by atoms with Gasteiger partial charge in [0.15, 0.2) is 0 Å². The van der Waals surface area contributed by atoms with Gasteiger partial charge in [-0.15, -0.1) is 0 Å². The van der Waals surface area contributed by atoms with Gasteiger partial charge in [0.1, 0.15) is 18.1 Å². The number of hydrogen-bond donors (Lipinski definition) is 1. The minimum Gasteiger partial charge on any atom is -0.617 e. The molecule has 0 aromatic carbocycles. The summed E-state index contributed by atoms with van der Waals surface area (Å²) in [5, 5.41) is 19.2. The third-order valence-corrected chi connectivity index (χ3v) is 2.00. The van der Waals surface area contributed by atoms with Crippen LogP contribution in [0.4, 0.5) is 4.39 Å². The zero-order chi connectivity index (χ0) is 11.6. The fourth-order valence-electron chi connectivity index (χ4n) is 1.02. The highest BCUT2D eigenvalue weighted by Gasteiger charge is 2.22. The van der Waals surface area contributed by atoms with E-state index in [2.05, 4.69) is 0 Å². The summed E-state index contributed by atoms with van der Waals surface area (Å²) >= 11 is 5.31. The molecule has 0 spiro atoms. The van der Waals surface area contributed by atoms with Crippen LogP contribution in [0.2, 0.25) is 5.15 Å². The molecule has 0 aliphatic carbocycles. The molecule has 0 saturated carbocycles. The molecule has 0 radical (unpaired) electrons. The zero-order valence-electron chi connectivity index (χ0n) is 7.33. The Morgan fingerprint density at radius 1 is 1.80 bits per heavy atom. The van der Waals surface area contributed by atoms with Gasteiger partial charge < -0.3 is 10.9 Å². The van der Waals surface area contributed by atoms with Crippen molar-refractivity contribution in [2.75, 3.05) is 0 Å². The second-order valence-corrected chi connectivity index (χ2v) is 3.05. The first kappa shape index (κ1) is 11.2. The van der Waals surface area contributed by atoms with Gasteiger partial charge in [-0.05, 0) is 11.6 Å². The number of hydrogen-bond acceptors (Lipinski definition) is 3. The molecule has 1 aromatic rings. The van der Waals surface area contributed by atoms with Crippen molar-refractivity contribution in [3.8, 4) is 6.07 Å². The molecule has 0 atom stereocenters. The van der Waals surface area contributed by atoms with Crippen molar-refractivity contribution in [3.05, 3.63) is 33.5 Å². The smallest absolute Gasteiger partial charge is 0.322 e. The molecule has 5 nitrogen and oxygen atoms in total. The second-order valence-electron chi connectivity index (χ2n) is 2.69. The molecule has 7 heteroatoms. The number of nitrogens with zero attached hydrogens (tertiary/aromatic N) is 2. The number of amides is 1. The molecule has 0 unspecified atom stereocenters. The van der Waals surface area contributed by atoms with Crippen LogP contribution >= 0.6 is 11.6 Å². The Hall–Kier alpha value is -1.87. The van der Waals surface area contributed by atoms with Crippen molar-refractivity contribution in [2.24, 2.45) is 5.73 Å². The molecule has 1 aromatic heterocycles. The number of nitrogens with two attached hydrogens (primary N) is 1. The Morgan fingerprint density at radius 2 is 2.40 bits per heavy atom. The van der Waals surface area contributed by atoms with Crippen LogP contribution in [0.3, 0.4) is 0 Å². The highest BCUT2D eigenvalue weighted by molar-refractivity contribution is 6.28. The molecule has 15 heavy (non-hydrogen) atoms. The van der Waals surface area contributed by atoms with Gasteiger partial charge in [0.25, 0.3) is 0 Å². The van der Waals surface area contributed by atoms with Crippen LogP contribution in [0.25, 0.3) is 0 Å². The van der Waals surface area contributed by atoms with Gasteiger partial charge in [-0.25, -0.2) is 0 Å². The molecular formula is C8H5ClFN3O2. The third-order valence-electron chi connectivity index (χ3n) is 1.66. The monoisotopic (exact) mass is 229 g/mol. The van der Waals surface area contributed by atoms with Gasteiger partial charge in [0.05, 0.1) is 0 Å². The molecule has 0 saturated heterocycles. The lowest BCUT2D eigenvalue weighted by Gasteiger charge is -2.06. The summed E-state index contributed by atoms with van der Waals surface area (Å²) in [6.45, 7) is 0. The summed E-state index contributed by atoms with van der Waals surface area (Å²) in [5.41, 5.74) is 4.36. The highest BCUT2D eigenvalue weighted by atomic mass is 35.5. The van der Waals surface area contributed by atoms with Crippen molar-refractivity contribution in [2.45, 2.75) is 6.42 Å². The molecular weight excluding hydrogens is 225 g/mol. The van der Waals surface area contributed by atoms with E-state index in [0.29, 0.717) is 0 Å². The number of carbonyl (C=O) groups is 1. The van der Waals surface area contributed by atoms with Crippen molar-refractivity contribution in [1.82, 2.24) is 0 Å². The van der Waals surface area contributed by atoms with E-state index >= 15 is 0 Å². The van der Waals surface area contributed by atoms with Gasteiger partial charge in [-0.3, -0.25) is 4.79 Å². The Morgan fingerprint density at radius 3 is 2.87 bits per heavy atom. The molecule has 1 amide bonds. The Labute approximate surface area is 89.1 Å². The molecule has 1 heterocycles. The first-order valence-electron chi connectivity index (χ1n) is 3.76. The Balaban J connectivity index is 3.42. The Kier molecular flexibility index (Phi) is 3.07. The summed E-state index contributed by atoms with van der Waals surface area (Å²) in [5.74, 6) is -1.82. The first-order chi connectivity index (χ1) is 6.97. The summed E-state index contributed by atoms with van der Waals surface area (Å²) in [6.07, 6.45) is -0.466. The van der Waals surface area contributed by atoms with Crippen LogP contribution in [0.5, 0.6) is 0 Å². The summed E-state index contributed by atoms with van der Waals surface area (Å²) in [4.78, 5) is 10.6. The Bertz CT molecular complexity index is 470. The lowest BCUT2D eigenvalue weighted by atomic mass is 10.1. The van der Waals surface area contributed by atoms with Crippen LogP contribution in [0.1, 0.15) is 11.3 Å². The predicted molar refractivity (Wildman–Crippen MR) is 48.0 cm³/mol. The average Bonchev–Trinajstić information content (AvgIpc) is 2.18. The maximum atomic E-state index is 12.9. The van der Waals surface area contributed by atoms with Gasteiger partial charge in [0.2, 0.25) is 17.4 Å². The molecule has 0 fully saturated rings. The van der Waals surface area contributed by atoms with E-state index in [1.807, 2.05) is 0 Å². The SMILES string of the molecule is N#Cc1cc(F)c(Cl)[n+]([O-])c1CC(N)=O. The van der Waals surface area contributed by atoms with E-state index in [-0.39, 0.29) is 16.0 Å². The van der Waals surface area contributed by atoms with Crippen LogP contribution in [-0.4, -0.2) is 5.91 Å².